The van der Waals surface area contributed by atoms with Gasteiger partial charge in [0.25, 0.3) is 0 Å². The lowest BCUT2D eigenvalue weighted by atomic mass is 10.1. The number of amides is 1. The van der Waals surface area contributed by atoms with Crippen LogP contribution in [0.1, 0.15) is 16.8 Å². The fraction of sp³-hybridized carbons (Fsp3) is 0.333. The Morgan fingerprint density at radius 1 is 1.39 bits per heavy atom. The number of hydrogen-bond acceptors (Lipinski definition) is 5. The Morgan fingerprint density at radius 3 is 2.83 bits per heavy atom. The number of carbonyl (C=O) groups excluding carboxylic acids is 2. The molecule has 1 aromatic carbocycles. The van der Waals surface area contributed by atoms with E-state index in [4.69, 9.17) is 9.47 Å². The molecule has 0 aliphatic carbocycles. The van der Waals surface area contributed by atoms with Gasteiger partial charge in [0.1, 0.15) is 11.8 Å². The zero-order valence-corrected chi connectivity index (χ0v) is 9.97. The highest BCUT2D eigenvalue weighted by Gasteiger charge is 2.06. The topological polar surface area (TPSA) is 87.7 Å². The highest BCUT2D eigenvalue weighted by molar-refractivity contribution is 5.96. The number of ketones is 1. The lowest BCUT2D eigenvalue weighted by Gasteiger charge is -2.07. The van der Waals surface area contributed by atoms with E-state index in [1.165, 1.54) is 7.11 Å². The zero-order chi connectivity index (χ0) is 13.4. The standard InChI is InChI=1S/C12H15NO5/c1-17-8-18-10-4-2-3-9(7-10)11(14)5-6-13-12(15)16/h2-4,7,13H,5-6,8H2,1H3,(H,15,16)/p-1. The van der Waals surface area contributed by atoms with Gasteiger partial charge in [0.15, 0.2) is 12.6 Å². The summed E-state index contributed by atoms with van der Waals surface area (Å²) in [6.45, 7) is 0.133. The Bertz CT molecular complexity index is 419. The Hall–Kier alpha value is -2.08. The van der Waals surface area contributed by atoms with E-state index < -0.39 is 6.09 Å². The third-order valence-electron chi connectivity index (χ3n) is 2.12. The minimum Gasteiger partial charge on any atom is -0.530 e. The van der Waals surface area contributed by atoms with Crippen LogP contribution in [0.4, 0.5) is 4.79 Å². The summed E-state index contributed by atoms with van der Waals surface area (Å²) in [5.74, 6) is 0.349. The van der Waals surface area contributed by atoms with Crippen molar-refractivity contribution < 1.29 is 24.2 Å². The van der Waals surface area contributed by atoms with Gasteiger partial charge in [-0.05, 0) is 12.1 Å². The van der Waals surface area contributed by atoms with Gasteiger partial charge in [0.2, 0.25) is 0 Å². The molecule has 1 aromatic rings. The number of hydrogen-bond donors (Lipinski definition) is 1. The van der Waals surface area contributed by atoms with Gasteiger partial charge in [-0.3, -0.25) is 4.79 Å². The van der Waals surface area contributed by atoms with Gasteiger partial charge >= 0.3 is 0 Å². The van der Waals surface area contributed by atoms with Crippen molar-refractivity contribution in [2.24, 2.45) is 0 Å². The Labute approximate surface area is 105 Å². The van der Waals surface area contributed by atoms with Crippen LogP contribution in [0, 0.1) is 0 Å². The molecule has 0 bridgehead atoms. The molecule has 0 atom stereocenters. The van der Waals surface area contributed by atoms with E-state index in [2.05, 4.69) is 0 Å². The lowest BCUT2D eigenvalue weighted by Crippen LogP contribution is -2.37. The van der Waals surface area contributed by atoms with Crippen molar-refractivity contribution in [3.05, 3.63) is 29.8 Å². The molecule has 6 nitrogen and oxygen atoms in total. The minimum absolute atomic E-state index is 0.0321. The summed E-state index contributed by atoms with van der Waals surface area (Å²) in [5.41, 5.74) is 0.462. The lowest BCUT2D eigenvalue weighted by molar-refractivity contribution is -0.250. The first-order valence-corrected chi connectivity index (χ1v) is 5.33. The number of methoxy groups -OCH3 is 1. The number of carbonyl (C=O) groups is 2. The van der Waals surface area contributed by atoms with Gasteiger partial charge in [-0.2, -0.15) is 0 Å². The molecule has 1 N–H and O–H groups in total. The summed E-state index contributed by atoms with van der Waals surface area (Å²) in [4.78, 5) is 21.8. The average Bonchev–Trinajstić information content (AvgIpc) is 2.36. The molecule has 1 amide bonds. The van der Waals surface area contributed by atoms with Gasteiger partial charge in [0.05, 0.1) is 0 Å². The van der Waals surface area contributed by atoms with Crippen LogP contribution in [0.2, 0.25) is 0 Å². The second kappa shape index (κ2) is 7.29. The highest BCUT2D eigenvalue weighted by Crippen LogP contribution is 2.14. The summed E-state index contributed by atoms with van der Waals surface area (Å²) < 4.78 is 9.94. The van der Waals surface area contributed by atoms with Crippen molar-refractivity contribution in [2.45, 2.75) is 6.42 Å². The van der Waals surface area contributed by atoms with E-state index in [0.29, 0.717) is 11.3 Å². The maximum atomic E-state index is 11.7. The first-order chi connectivity index (χ1) is 8.63. The van der Waals surface area contributed by atoms with Gasteiger partial charge in [-0.1, -0.05) is 12.1 Å². The van der Waals surface area contributed by atoms with Crippen LogP contribution in [0.3, 0.4) is 0 Å². The monoisotopic (exact) mass is 252 g/mol. The number of carboxylic acid groups (broad SMARTS) is 1. The largest absolute Gasteiger partial charge is 0.530 e. The fourth-order valence-electron chi connectivity index (χ4n) is 1.31. The van der Waals surface area contributed by atoms with Gasteiger partial charge < -0.3 is 24.7 Å². The third kappa shape index (κ3) is 4.84. The van der Waals surface area contributed by atoms with Crippen LogP contribution in [0.25, 0.3) is 0 Å². The van der Waals surface area contributed by atoms with E-state index >= 15 is 0 Å². The molecule has 0 aliphatic heterocycles. The highest BCUT2D eigenvalue weighted by atomic mass is 16.7. The predicted molar refractivity (Wildman–Crippen MR) is 61.3 cm³/mol. The molecular weight excluding hydrogens is 238 g/mol. The summed E-state index contributed by atoms with van der Waals surface area (Å²) in [6.07, 6.45) is -1.32. The van der Waals surface area contributed by atoms with E-state index in [9.17, 15) is 14.7 Å². The molecule has 0 radical (unpaired) electrons. The molecule has 0 spiro atoms. The van der Waals surface area contributed by atoms with E-state index in [1.54, 1.807) is 24.3 Å². The Kier molecular flexibility index (Phi) is 5.66. The first-order valence-electron chi connectivity index (χ1n) is 5.33. The Morgan fingerprint density at radius 2 is 2.17 bits per heavy atom. The maximum absolute atomic E-state index is 11.7. The molecule has 0 unspecified atom stereocenters. The molecule has 98 valence electrons. The zero-order valence-electron chi connectivity index (χ0n) is 9.97. The summed E-state index contributed by atoms with van der Waals surface area (Å²) in [7, 11) is 1.50. The summed E-state index contributed by atoms with van der Waals surface area (Å²) in [5, 5.41) is 12.2. The number of Topliss-reactive ketones (excluding diaryl/α,β-unsaturated/α-hetero) is 1. The number of rotatable bonds is 7. The van der Waals surface area contributed by atoms with Crippen molar-refractivity contribution >= 4 is 11.9 Å². The molecule has 1 rings (SSSR count). The van der Waals surface area contributed by atoms with Gasteiger partial charge in [-0.15, -0.1) is 0 Å². The number of nitrogens with one attached hydrogen (secondary N) is 1. The van der Waals surface area contributed by atoms with Gasteiger partial charge in [-0.25, -0.2) is 0 Å². The van der Waals surface area contributed by atoms with Gasteiger partial charge in [0, 0.05) is 25.6 Å². The second-order valence-corrected chi connectivity index (χ2v) is 3.47. The first kappa shape index (κ1) is 14.0. The number of ether oxygens (including phenoxy) is 2. The predicted octanol–water partition coefficient (Wildman–Crippen LogP) is 0.175. The van der Waals surface area contributed by atoms with Crippen LogP contribution in [0.5, 0.6) is 5.75 Å². The fourth-order valence-corrected chi connectivity index (χ4v) is 1.31. The molecule has 0 saturated heterocycles. The number of benzene rings is 1. The maximum Gasteiger partial charge on any atom is 0.188 e. The van der Waals surface area contributed by atoms with Crippen LogP contribution in [-0.2, 0) is 4.74 Å². The van der Waals surface area contributed by atoms with Crippen molar-refractivity contribution in [3.63, 3.8) is 0 Å². The van der Waals surface area contributed by atoms with Crippen molar-refractivity contribution in [1.82, 2.24) is 5.32 Å². The van der Waals surface area contributed by atoms with Crippen LogP contribution < -0.4 is 15.2 Å². The average molecular weight is 252 g/mol. The third-order valence-corrected chi connectivity index (χ3v) is 2.12. The van der Waals surface area contributed by atoms with E-state index in [1.807, 2.05) is 5.32 Å². The summed E-state index contributed by atoms with van der Waals surface area (Å²) >= 11 is 0. The Balaban J connectivity index is 2.54. The molecular formula is C12H14NO5-. The van der Waals surface area contributed by atoms with Crippen LogP contribution in [-0.4, -0.2) is 32.3 Å². The summed E-state index contributed by atoms with van der Waals surface area (Å²) in [6, 6.07) is 6.61. The van der Waals surface area contributed by atoms with E-state index in [-0.39, 0.29) is 25.5 Å². The second-order valence-electron chi connectivity index (χ2n) is 3.47. The molecule has 18 heavy (non-hydrogen) atoms. The molecule has 0 aliphatic rings. The molecule has 6 heteroatoms. The van der Waals surface area contributed by atoms with Crippen LogP contribution in [0.15, 0.2) is 24.3 Å². The van der Waals surface area contributed by atoms with Crippen molar-refractivity contribution in [1.29, 1.82) is 0 Å². The van der Waals surface area contributed by atoms with E-state index in [0.717, 1.165) is 0 Å². The molecule has 0 saturated carbocycles. The SMILES string of the molecule is COCOc1cccc(C(=O)CCNC(=O)[O-])c1. The molecule has 0 heterocycles. The van der Waals surface area contributed by atoms with Crippen molar-refractivity contribution in [3.8, 4) is 5.75 Å². The van der Waals surface area contributed by atoms with Crippen LogP contribution >= 0.6 is 0 Å². The minimum atomic E-state index is -1.39. The molecule has 0 fully saturated rings. The normalized spacial score (nSPS) is 9.83. The molecule has 0 aromatic heterocycles. The van der Waals surface area contributed by atoms with Crippen molar-refractivity contribution in [2.75, 3.05) is 20.4 Å². The quantitative estimate of drug-likeness (QED) is 0.552. The smallest absolute Gasteiger partial charge is 0.188 e.